The van der Waals surface area contributed by atoms with Crippen LogP contribution in [0.3, 0.4) is 0 Å². The summed E-state index contributed by atoms with van der Waals surface area (Å²) >= 11 is 7.20. The summed E-state index contributed by atoms with van der Waals surface area (Å²) in [6.45, 7) is 0. The van der Waals surface area contributed by atoms with Crippen molar-refractivity contribution in [3.63, 3.8) is 0 Å². The van der Waals surface area contributed by atoms with Crippen LogP contribution in [0.1, 0.15) is 11.1 Å². The Morgan fingerprint density at radius 3 is 2.41 bits per heavy atom. The van der Waals surface area contributed by atoms with E-state index in [1.54, 1.807) is 0 Å². The number of fused-ring (bicyclic) bond motifs is 3. The molecule has 0 bridgehead atoms. The summed E-state index contributed by atoms with van der Waals surface area (Å²) < 4.78 is 2.32. The van der Waals surface area contributed by atoms with Gasteiger partial charge in [0.1, 0.15) is 0 Å². The summed E-state index contributed by atoms with van der Waals surface area (Å²) in [5.74, 6) is 0. The predicted molar refractivity (Wildman–Crippen MR) is 80.2 cm³/mol. The molecule has 0 spiro atoms. The lowest BCUT2D eigenvalue weighted by Gasteiger charge is -2.10. The molecule has 0 saturated carbocycles. The number of hydrogen-bond donors (Lipinski definition) is 0. The summed E-state index contributed by atoms with van der Waals surface area (Å²) in [5.41, 5.74) is 5.26. The molecule has 2 aromatic carbocycles. The first kappa shape index (κ1) is 11.2. The first-order chi connectivity index (χ1) is 8.25. The Balaban J connectivity index is 2.33. The van der Waals surface area contributed by atoms with Crippen LogP contribution in [0.5, 0.6) is 0 Å². The van der Waals surface area contributed by atoms with Crippen molar-refractivity contribution >= 4 is 36.3 Å². The molecule has 0 heterocycles. The van der Waals surface area contributed by atoms with Gasteiger partial charge in [-0.15, -0.1) is 0 Å². The molecule has 0 unspecified atom stereocenters. The van der Waals surface area contributed by atoms with E-state index >= 15 is 0 Å². The monoisotopic (exact) mass is 348 g/mol. The van der Waals surface area contributed by atoms with Gasteiger partial charge in [0.05, 0.1) is 0 Å². The molecular weight excluding hydrogens is 340 g/mol. The lowest BCUT2D eigenvalue weighted by atomic mass is 9.97. The molecule has 3 rings (SSSR count). The Morgan fingerprint density at radius 2 is 1.59 bits per heavy atom. The van der Waals surface area contributed by atoms with Crippen molar-refractivity contribution in [3.05, 3.63) is 64.1 Å². The summed E-state index contributed by atoms with van der Waals surface area (Å²) in [5, 5.41) is 0. The van der Waals surface area contributed by atoms with Gasteiger partial charge in [-0.2, -0.15) is 0 Å². The molecule has 0 fully saturated rings. The van der Waals surface area contributed by atoms with E-state index in [2.05, 4.69) is 80.4 Å². The van der Waals surface area contributed by atoms with Crippen LogP contribution in [0.25, 0.3) is 15.6 Å². The highest BCUT2D eigenvalue weighted by Gasteiger charge is 2.14. The zero-order valence-electron chi connectivity index (χ0n) is 9.08. The third-order valence-electron chi connectivity index (χ3n) is 3.04. The van der Waals surface area contributed by atoms with Gasteiger partial charge in [-0.05, 0) is 40.8 Å². The predicted octanol–water partition coefficient (Wildman–Crippen LogP) is 5.41. The van der Waals surface area contributed by atoms with Crippen LogP contribution in [0, 0.1) is 0 Å². The molecule has 17 heavy (non-hydrogen) atoms. The van der Waals surface area contributed by atoms with E-state index in [4.69, 9.17) is 0 Å². The summed E-state index contributed by atoms with van der Waals surface area (Å²) in [6, 6.07) is 15.0. The standard InChI is InChI=1S/C15H10Br2/c16-11-6-7-12-10(9-11)5-8-15(17)14-4-2-1-3-13(12)14/h1-4,6-9H,5H2. The summed E-state index contributed by atoms with van der Waals surface area (Å²) in [4.78, 5) is 0. The minimum atomic E-state index is 0.962. The molecule has 84 valence electrons. The second kappa shape index (κ2) is 4.43. The summed E-state index contributed by atoms with van der Waals surface area (Å²) in [6.07, 6.45) is 3.20. The third-order valence-corrected chi connectivity index (χ3v) is 4.29. The molecule has 2 heteroatoms. The van der Waals surface area contributed by atoms with Gasteiger partial charge < -0.3 is 0 Å². The molecular formula is C15H10Br2. The molecule has 2 aromatic rings. The van der Waals surface area contributed by atoms with Crippen LogP contribution in [-0.4, -0.2) is 0 Å². The molecule has 0 radical (unpaired) electrons. The number of benzene rings is 2. The highest BCUT2D eigenvalue weighted by atomic mass is 79.9. The second-order valence-corrected chi connectivity index (χ2v) is 5.87. The average molecular weight is 350 g/mol. The van der Waals surface area contributed by atoms with Gasteiger partial charge in [0, 0.05) is 8.96 Å². The Labute approximate surface area is 118 Å². The molecule has 0 nitrogen and oxygen atoms in total. The lowest BCUT2D eigenvalue weighted by Crippen LogP contribution is -1.88. The lowest BCUT2D eigenvalue weighted by molar-refractivity contribution is 1.28. The van der Waals surface area contributed by atoms with Crippen molar-refractivity contribution < 1.29 is 0 Å². The highest BCUT2D eigenvalue weighted by molar-refractivity contribution is 9.15. The molecule has 0 aliphatic heterocycles. The first-order valence-corrected chi connectivity index (χ1v) is 7.08. The van der Waals surface area contributed by atoms with E-state index in [0.29, 0.717) is 0 Å². The van der Waals surface area contributed by atoms with Gasteiger partial charge in [0.15, 0.2) is 0 Å². The molecule has 0 atom stereocenters. The number of allylic oxidation sites excluding steroid dienone is 1. The van der Waals surface area contributed by atoms with E-state index in [9.17, 15) is 0 Å². The van der Waals surface area contributed by atoms with Crippen LogP contribution in [0.15, 0.2) is 53.0 Å². The smallest absolute Gasteiger partial charge is 0.0217 e. The van der Waals surface area contributed by atoms with E-state index in [-0.39, 0.29) is 0 Å². The average Bonchev–Trinajstić information content (AvgIpc) is 2.48. The maximum Gasteiger partial charge on any atom is 0.0217 e. The molecule has 1 aliphatic rings. The number of hydrogen-bond acceptors (Lipinski definition) is 0. The van der Waals surface area contributed by atoms with Gasteiger partial charge in [0.2, 0.25) is 0 Å². The molecule has 0 amide bonds. The van der Waals surface area contributed by atoms with Crippen molar-refractivity contribution in [2.75, 3.05) is 0 Å². The largest absolute Gasteiger partial charge is 0.0652 e. The molecule has 1 aliphatic carbocycles. The van der Waals surface area contributed by atoms with E-state index in [0.717, 1.165) is 10.9 Å². The van der Waals surface area contributed by atoms with E-state index in [1.165, 1.54) is 26.7 Å². The van der Waals surface area contributed by atoms with Crippen LogP contribution >= 0.6 is 31.9 Å². The zero-order chi connectivity index (χ0) is 11.8. The van der Waals surface area contributed by atoms with Crippen molar-refractivity contribution in [2.24, 2.45) is 0 Å². The van der Waals surface area contributed by atoms with Gasteiger partial charge in [0.25, 0.3) is 0 Å². The maximum absolute atomic E-state index is 3.66. The highest BCUT2D eigenvalue weighted by Crippen LogP contribution is 2.38. The van der Waals surface area contributed by atoms with Crippen molar-refractivity contribution in [1.82, 2.24) is 0 Å². The molecule has 0 aromatic heterocycles. The summed E-state index contributed by atoms with van der Waals surface area (Å²) in [7, 11) is 0. The third kappa shape index (κ3) is 2.00. The Bertz CT molecular complexity index is 612. The van der Waals surface area contributed by atoms with Crippen molar-refractivity contribution in [1.29, 1.82) is 0 Å². The Hall–Kier alpha value is -0.860. The maximum atomic E-state index is 3.66. The Kier molecular flexibility index (Phi) is 2.93. The van der Waals surface area contributed by atoms with Crippen LogP contribution in [0.2, 0.25) is 0 Å². The van der Waals surface area contributed by atoms with Gasteiger partial charge in [-0.3, -0.25) is 0 Å². The zero-order valence-corrected chi connectivity index (χ0v) is 12.3. The van der Waals surface area contributed by atoms with Gasteiger partial charge in [-0.1, -0.05) is 68.3 Å². The first-order valence-electron chi connectivity index (χ1n) is 5.49. The van der Waals surface area contributed by atoms with Crippen LogP contribution in [-0.2, 0) is 6.42 Å². The quantitative estimate of drug-likeness (QED) is 0.596. The topological polar surface area (TPSA) is 0 Å². The fourth-order valence-corrected chi connectivity index (χ4v) is 3.15. The fourth-order valence-electron chi connectivity index (χ4n) is 2.23. The van der Waals surface area contributed by atoms with Crippen molar-refractivity contribution in [2.45, 2.75) is 6.42 Å². The minimum Gasteiger partial charge on any atom is -0.0652 e. The van der Waals surface area contributed by atoms with Crippen molar-refractivity contribution in [3.8, 4) is 11.1 Å². The second-order valence-electron chi connectivity index (χ2n) is 4.10. The van der Waals surface area contributed by atoms with Gasteiger partial charge in [-0.25, -0.2) is 0 Å². The molecule has 0 saturated heterocycles. The normalized spacial score (nSPS) is 13.4. The van der Waals surface area contributed by atoms with Crippen LogP contribution < -0.4 is 0 Å². The van der Waals surface area contributed by atoms with E-state index < -0.39 is 0 Å². The minimum absolute atomic E-state index is 0.962. The number of rotatable bonds is 0. The SMILES string of the molecule is BrC1=CCc2cc(Br)ccc2-c2ccccc21. The van der Waals surface area contributed by atoms with E-state index in [1.807, 2.05) is 0 Å². The van der Waals surface area contributed by atoms with Crippen LogP contribution in [0.4, 0.5) is 0 Å². The Morgan fingerprint density at radius 1 is 0.824 bits per heavy atom. The fraction of sp³-hybridized carbons (Fsp3) is 0.0667. The molecule has 0 N–H and O–H groups in total. The number of halogens is 2. The van der Waals surface area contributed by atoms with Gasteiger partial charge >= 0.3 is 0 Å².